The van der Waals surface area contributed by atoms with Crippen molar-refractivity contribution in [2.24, 2.45) is 5.41 Å². The Hall–Kier alpha value is 0.360. The quantitative estimate of drug-likeness (QED) is 0.800. The largest absolute Gasteiger partial charge is 0.395 e. The summed E-state index contributed by atoms with van der Waals surface area (Å²) in [6.45, 7) is 3.81. The van der Waals surface area contributed by atoms with Crippen molar-refractivity contribution in [3.05, 3.63) is 0 Å². The van der Waals surface area contributed by atoms with E-state index in [-0.39, 0.29) is 12.6 Å². The summed E-state index contributed by atoms with van der Waals surface area (Å²) < 4.78 is 5.42. The lowest BCUT2D eigenvalue weighted by Crippen LogP contribution is -2.51. The molecule has 1 aliphatic carbocycles. The van der Waals surface area contributed by atoms with Gasteiger partial charge in [-0.1, -0.05) is 28.8 Å². The normalized spacial score (nSPS) is 30.8. The maximum atomic E-state index is 9.36. The molecule has 0 spiro atoms. The lowest BCUT2D eigenvalue weighted by molar-refractivity contribution is -0.0414. The predicted octanol–water partition coefficient (Wildman–Crippen LogP) is 1.63. The number of aliphatic hydroxyl groups excluding tert-OH is 1. The molecule has 94 valence electrons. The van der Waals surface area contributed by atoms with Gasteiger partial charge in [-0.3, -0.25) is 4.90 Å². The second-order valence-electron chi connectivity index (χ2n) is 5.22. The number of hydrogen-bond acceptors (Lipinski definition) is 3. The van der Waals surface area contributed by atoms with Crippen LogP contribution < -0.4 is 0 Å². The zero-order chi connectivity index (χ0) is 11.4. The lowest BCUT2D eigenvalue weighted by Gasteiger charge is -2.40. The molecule has 2 fully saturated rings. The van der Waals surface area contributed by atoms with Crippen LogP contribution in [0.2, 0.25) is 0 Å². The van der Waals surface area contributed by atoms with Crippen LogP contribution >= 0.6 is 15.9 Å². The van der Waals surface area contributed by atoms with E-state index in [1.165, 1.54) is 25.7 Å². The predicted molar refractivity (Wildman–Crippen MR) is 68.0 cm³/mol. The third kappa shape index (κ3) is 2.78. The molecule has 0 aromatic carbocycles. The Morgan fingerprint density at radius 1 is 1.38 bits per heavy atom. The zero-order valence-electron chi connectivity index (χ0n) is 9.83. The smallest absolute Gasteiger partial charge is 0.0644 e. The molecule has 1 atom stereocenters. The summed E-state index contributed by atoms with van der Waals surface area (Å²) in [5.74, 6) is 0. The molecule has 1 unspecified atom stereocenters. The van der Waals surface area contributed by atoms with E-state index in [1.54, 1.807) is 0 Å². The van der Waals surface area contributed by atoms with Crippen LogP contribution in [0.3, 0.4) is 0 Å². The van der Waals surface area contributed by atoms with Crippen molar-refractivity contribution in [1.82, 2.24) is 4.90 Å². The van der Waals surface area contributed by atoms with Crippen LogP contribution in [0.4, 0.5) is 0 Å². The molecule has 0 bridgehead atoms. The van der Waals surface area contributed by atoms with Crippen molar-refractivity contribution in [2.45, 2.75) is 31.7 Å². The fourth-order valence-corrected chi connectivity index (χ4v) is 3.69. The minimum absolute atomic E-state index is 0.213. The number of rotatable bonds is 4. The minimum Gasteiger partial charge on any atom is -0.395 e. The van der Waals surface area contributed by atoms with Gasteiger partial charge in [-0.2, -0.15) is 0 Å². The van der Waals surface area contributed by atoms with E-state index in [0.29, 0.717) is 12.0 Å². The summed E-state index contributed by atoms with van der Waals surface area (Å²) in [5, 5.41) is 10.5. The van der Waals surface area contributed by atoms with Gasteiger partial charge in [0.2, 0.25) is 0 Å². The Balaban J connectivity index is 1.95. The number of hydrogen-bond donors (Lipinski definition) is 1. The average molecular weight is 292 g/mol. The molecule has 1 heterocycles. The Morgan fingerprint density at radius 3 is 2.75 bits per heavy atom. The number of halogens is 1. The van der Waals surface area contributed by atoms with Crippen molar-refractivity contribution in [1.29, 1.82) is 0 Å². The standard InChI is InChI=1S/C12H22BrNO2/c13-9-12(3-1-2-4-12)10-14-5-6-16-8-11(14)7-15/h11,15H,1-10H2. The monoisotopic (exact) mass is 291 g/mol. The van der Waals surface area contributed by atoms with Crippen LogP contribution in [-0.4, -0.2) is 54.3 Å². The highest BCUT2D eigenvalue weighted by atomic mass is 79.9. The van der Waals surface area contributed by atoms with Gasteiger partial charge in [0.25, 0.3) is 0 Å². The zero-order valence-corrected chi connectivity index (χ0v) is 11.4. The number of morpholine rings is 1. The molecule has 0 aromatic heterocycles. The molecule has 1 saturated carbocycles. The van der Waals surface area contributed by atoms with Gasteiger partial charge in [-0.15, -0.1) is 0 Å². The third-order valence-electron chi connectivity index (χ3n) is 4.05. The van der Waals surface area contributed by atoms with E-state index in [0.717, 1.165) is 25.0 Å². The molecule has 0 aromatic rings. The molecule has 2 rings (SSSR count). The molecule has 0 amide bonds. The molecule has 0 radical (unpaired) electrons. The van der Waals surface area contributed by atoms with Gasteiger partial charge in [-0.05, 0) is 18.3 Å². The van der Waals surface area contributed by atoms with Gasteiger partial charge in [0.1, 0.15) is 0 Å². The Labute approximate surface area is 106 Å². The maximum absolute atomic E-state index is 9.36. The summed E-state index contributed by atoms with van der Waals surface area (Å²) in [6, 6.07) is 0.213. The van der Waals surface area contributed by atoms with E-state index in [4.69, 9.17) is 4.74 Å². The van der Waals surface area contributed by atoms with Crippen molar-refractivity contribution >= 4 is 15.9 Å². The van der Waals surface area contributed by atoms with Gasteiger partial charge < -0.3 is 9.84 Å². The first-order valence-electron chi connectivity index (χ1n) is 6.28. The van der Waals surface area contributed by atoms with Gasteiger partial charge in [0.15, 0.2) is 0 Å². The third-order valence-corrected chi connectivity index (χ3v) is 5.24. The summed E-state index contributed by atoms with van der Waals surface area (Å²) in [5.41, 5.74) is 0.449. The molecule has 3 nitrogen and oxygen atoms in total. The highest BCUT2D eigenvalue weighted by Gasteiger charge is 2.36. The summed E-state index contributed by atoms with van der Waals surface area (Å²) in [4.78, 5) is 2.43. The summed E-state index contributed by atoms with van der Waals surface area (Å²) >= 11 is 3.68. The van der Waals surface area contributed by atoms with Gasteiger partial charge in [-0.25, -0.2) is 0 Å². The SMILES string of the molecule is OCC1COCCN1CC1(CBr)CCCC1. The van der Waals surface area contributed by atoms with Crippen molar-refractivity contribution in [3.8, 4) is 0 Å². The van der Waals surface area contributed by atoms with Crippen LogP contribution in [0.1, 0.15) is 25.7 Å². The van der Waals surface area contributed by atoms with Gasteiger partial charge >= 0.3 is 0 Å². The van der Waals surface area contributed by atoms with Crippen LogP contribution in [0.5, 0.6) is 0 Å². The number of aliphatic hydroxyl groups is 1. The second-order valence-corrected chi connectivity index (χ2v) is 5.78. The molecule has 1 saturated heterocycles. The second kappa shape index (κ2) is 5.80. The first-order valence-corrected chi connectivity index (χ1v) is 7.40. The van der Waals surface area contributed by atoms with Crippen molar-refractivity contribution < 1.29 is 9.84 Å². The molecule has 4 heteroatoms. The van der Waals surface area contributed by atoms with E-state index >= 15 is 0 Å². The summed E-state index contributed by atoms with van der Waals surface area (Å²) in [7, 11) is 0. The Bertz CT molecular complexity index is 219. The van der Waals surface area contributed by atoms with Crippen LogP contribution in [0.15, 0.2) is 0 Å². The van der Waals surface area contributed by atoms with Crippen LogP contribution in [0.25, 0.3) is 0 Å². The van der Waals surface area contributed by atoms with Crippen LogP contribution in [-0.2, 0) is 4.74 Å². The van der Waals surface area contributed by atoms with E-state index in [2.05, 4.69) is 20.8 Å². The Morgan fingerprint density at radius 2 is 2.12 bits per heavy atom. The van der Waals surface area contributed by atoms with Gasteiger partial charge in [0.05, 0.1) is 25.9 Å². The molecule has 1 N–H and O–H groups in total. The first-order chi connectivity index (χ1) is 7.79. The number of alkyl halides is 1. The maximum Gasteiger partial charge on any atom is 0.0644 e. The molecule has 16 heavy (non-hydrogen) atoms. The van der Waals surface area contributed by atoms with Crippen molar-refractivity contribution in [2.75, 3.05) is 38.2 Å². The molecular weight excluding hydrogens is 270 g/mol. The lowest BCUT2D eigenvalue weighted by atomic mass is 9.87. The summed E-state index contributed by atoms with van der Waals surface area (Å²) in [6.07, 6.45) is 5.38. The Kier molecular flexibility index (Phi) is 4.65. The number of nitrogens with zero attached hydrogens (tertiary/aromatic N) is 1. The average Bonchev–Trinajstić information content (AvgIpc) is 2.79. The number of ether oxygens (including phenoxy) is 1. The van der Waals surface area contributed by atoms with Gasteiger partial charge in [0, 0.05) is 18.4 Å². The molecular formula is C12H22BrNO2. The highest BCUT2D eigenvalue weighted by Crippen LogP contribution is 2.40. The minimum atomic E-state index is 0.213. The molecule has 2 aliphatic rings. The van der Waals surface area contributed by atoms with Crippen LogP contribution in [0, 0.1) is 5.41 Å². The first kappa shape index (κ1) is 12.8. The van der Waals surface area contributed by atoms with E-state index in [1.807, 2.05) is 0 Å². The molecule has 1 aliphatic heterocycles. The van der Waals surface area contributed by atoms with E-state index in [9.17, 15) is 5.11 Å². The van der Waals surface area contributed by atoms with Crippen molar-refractivity contribution in [3.63, 3.8) is 0 Å². The fourth-order valence-electron chi connectivity index (χ4n) is 2.96. The fraction of sp³-hybridized carbons (Fsp3) is 1.00. The topological polar surface area (TPSA) is 32.7 Å². The highest BCUT2D eigenvalue weighted by molar-refractivity contribution is 9.09. The van der Waals surface area contributed by atoms with E-state index < -0.39 is 0 Å².